The second-order valence-corrected chi connectivity index (χ2v) is 7.55. The summed E-state index contributed by atoms with van der Waals surface area (Å²) in [5.41, 5.74) is 5.55. The maximum Gasteiger partial charge on any atom is 0.293 e. The van der Waals surface area contributed by atoms with Crippen LogP contribution in [0, 0.1) is 27.7 Å². The Bertz CT molecular complexity index is 1320. The predicted octanol–water partition coefficient (Wildman–Crippen LogP) is 3.45. The fourth-order valence-corrected chi connectivity index (χ4v) is 3.36. The molecule has 0 unspecified atom stereocenters. The van der Waals surface area contributed by atoms with Crippen LogP contribution < -0.4 is 10.9 Å². The molecule has 0 bridgehead atoms. The Morgan fingerprint density at radius 3 is 2.43 bits per heavy atom. The molecule has 2 heterocycles. The molecule has 7 nitrogen and oxygen atoms in total. The number of hydrogen-bond acceptors (Lipinski definition) is 4. The number of anilines is 1. The zero-order valence-electron chi connectivity index (χ0n) is 17.4. The van der Waals surface area contributed by atoms with Gasteiger partial charge in [-0.25, -0.2) is 9.36 Å². The molecule has 7 heteroatoms. The molecule has 0 atom stereocenters. The number of nitrogens with zero attached hydrogens (tertiary/aromatic N) is 4. The van der Waals surface area contributed by atoms with Gasteiger partial charge in [-0.1, -0.05) is 23.8 Å². The first-order valence-electron chi connectivity index (χ1n) is 9.73. The highest BCUT2D eigenvalue weighted by Gasteiger charge is 2.17. The van der Waals surface area contributed by atoms with Crippen LogP contribution in [0.1, 0.15) is 22.4 Å². The third-order valence-corrected chi connectivity index (χ3v) is 5.23. The largest absolute Gasteiger partial charge is 0.324 e. The molecule has 0 saturated carbocycles. The Morgan fingerprint density at radius 2 is 1.73 bits per heavy atom. The van der Waals surface area contributed by atoms with Crippen molar-refractivity contribution in [3.05, 3.63) is 81.4 Å². The summed E-state index contributed by atoms with van der Waals surface area (Å²) in [5, 5.41) is 12.2. The van der Waals surface area contributed by atoms with Crippen LogP contribution in [0.2, 0.25) is 0 Å². The van der Waals surface area contributed by atoms with Crippen molar-refractivity contribution in [2.75, 3.05) is 5.32 Å². The second-order valence-electron chi connectivity index (χ2n) is 7.55. The molecule has 1 N–H and O–H groups in total. The minimum atomic E-state index is -0.356. The highest BCUT2D eigenvalue weighted by molar-refractivity contribution is 5.90. The van der Waals surface area contributed by atoms with Crippen LogP contribution in [0.25, 0.3) is 16.6 Å². The summed E-state index contributed by atoms with van der Waals surface area (Å²) < 4.78 is 2.81. The lowest BCUT2D eigenvalue weighted by Gasteiger charge is -2.10. The van der Waals surface area contributed by atoms with Crippen LogP contribution in [0.4, 0.5) is 5.69 Å². The van der Waals surface area contributed by atoms with E-state index in [0.29, 0.717) is 22.3 Å². The molecule has 0 aliphatic carbocycles. The van der Waals surface area contributed by atoms with Crippen molar-refractivity contribution in [1.82, 2.24) is 19.6 Å². The summed E-state index contributed by atoms with van der Waals surface area (Å²) in [4.78, 5) is 25.7. The van der Waals surface area contributed by atoms with E-state index in [9.17, 15) is 9.59 Å². The molecule has 0 spiro atoms. The van der Waals surface area contributed by atoms with E-state index in [1.54, 1.807) is 10.9 Å². The quantitative estimate of drug-likeness (QED) is 0.568. The van der Waals surface area contributed by atoms with Crippen LogP contribution in [-0.2, 0) is 11.3 Å². The van der Waals surface area contributed by atoms with E-state index in [1.807, 2.05) is 70.2 Å². The summed E-state index contributed by atoms with van der Waals surface area (Å²) in [6, 6.07) is 13.4. The first kappa shape index (κ1) is 19.6. The van der Waals surface area contributed by atoms with E-state index in [0.717, 1.165) is 16.8 Å². The number of fused-ring (bicyclic) bond motifs is 1. The SMILES string of the molecule is Cc1ccc(NC(=O)Cn2nc(C)c3cnn(-c4ccc(C)c(C)c4)c3c2=O)cc1. The van der Waals surface area contributed by atoms with Gasteiger partial charge in [0.25, 0.3) is 5.56 Å². The van der Waals surface area contributed by atoms with Gasteiger partial charge in [-0.15, -0.1) is 0 Å². The Labute approximate surface area is 174 Å². The molecule has 2 aromatic carbocycles. The Kier molecular flexibility index (Phi) is 4.95. The fourth-order valence-electron chi connectivity index (χ4n) is 3.36. The zero-order valence-corrected chi connectivity index (χ0v) is 17.4. The summed E-state index contributed by atoms with van der Waals surface area (Å²) >= 11 is 0. The molecule has 0 saturated heterocycles. The first-order chi connectivity index (χ1) is 14.3. The smallest absolute Gasteiger partial charge is 0.293 e. The molecule has 0 fully saturated rings. The van der Waals surface area contributed by atoms with Crippen molar-refractivity contribution in [3.63, 3.8) is 0 Å². The van der Waals surface area contributed by atoms with Gasteiger partial charge in [-0.3, -0.25) is 9.59 Å². The standard InChI is InChI=1S/C23H23N5O2/c1-14-5-8-18(9-6-14)25-21(29)13-27-23(30)22-20(17(4)26-27)12-24-28(22)19-10-7-15(2)16(3)11-19/h5-12H,13H2,1-4H3,(H,25,29). The van der Waals surface area contributed by atoms with Crippen molar-refractivity contribution >= 4 is 22.5 Å². The number of aromatic nitrogens is 4. The second kappa shape index (κ2) is 7.59. The number of amides is 1. The van der Waals surface area contributed by atoms with Crippen LogP contribution in [0.5, 0.6) is 0 Å². The molecule has 1 amide bonds. The van der Waals surface area contributed by atoms with Gasteiger partial charge in [0.05, 0.1) is 17.6 Å². The summed E-state index contributed by atoms with van der Waals surface area (Å²) in [6.45, 7) is 7.66. The number of nitrogens with one attached hydrogen (secondary N) is 1. The fraction of sp³-hybridized carbons (Fsp3) is 0.217. The van der Waals surface area contributed by atoms with Crippen LogP contribution in [-0.4, -0.2) is 25.5 Å². The normalized spacial score (nSPS) is 11.1. The minimum absolute atomic E-state index is 0.179. The van der Waals surface area contributed by atoms with E-state index in [4.69, 9.17) is 0 Å². The lowest BCUT2D eigenvalue weighted by atomic mass is 10.1. The summed E-state index contributed by atoms with van der Waals surface area (Å²) in [7, 11) is 0. The zero-order chi connectivity index (χ0) is 21.4. The summed E-state index contributed by atoms with van der Waals surface area (Å²) in [6.07, 6.45) is 1.64. The van der Waals surface area contributed by atoms with Crippen molar-refractivity contribution in [1.29, 1.82) is 0 Å². The van der Waals surface area contributed by atoms with Crippen LogP contribution >= 0.6 is 0 Å². The lowest BCUT2D eigenvalue weighted by molar-refractivity contribution is -0.117. The van der Waals surface area contributed by atoms with E-state index in [1.165, 1.54) is 10.2 Å². The number of carbonyl (C=O) groups is 1. The number of rotatable bonds is 4. The van der Waals surface area contributed by atoms with E-state index in [-0.39, 0.29) is 18.0 Å². The van der Waals surface area contributed by atoms with Crippen LogP contribution in [0.15, 0.2) is 53.5 Å². The molecule has 2 aromatic heterocycles. The molecule has 4 rings (SSSR count). The van der Waals surface area contributed by atoms with Gasteiger partial charge in [0.15, 0.2) is 0 Å². The number of hydrogen-bond donors (Lipinski definition) is 1. The Balaban J connectivity index is 1.71. The van der Waals surface area contributed by atoms with Gasteiger partial charge in [0, 0.05) is 11.1 Å². The highest BCUT2D eigenvalue weighted by Crippen LogP contribution is 2.19. The monoisotopic (exact) mass is 401 g/mol. The summed E-state index contributed by atoms with van der Waals surface area (Å²) in [5.74, 6) is -0.315. The number of benzene rings is 2. The van der Waals surface area contributed by atoms with Gasteiger partial charge in [-0.05, 0) is 63.1 Å². The van der Waals surface area contributed by atoms with E-state index >= 15 is 0 Å². The maximum atomic E-state index is 13.2. The molecular weight excluding hydrogens is 378 g/mol. The number of carbonyl (C=O) groups excluding carboxylic acids is 1. The minimum Gasteiger partial charge on any atom is -0.324 e. The van der Waals surface area contributed by atoms with Gasteiger partial charge < -0.3 is 5.32 Å². The lowest BCUT2D eigenvalue weighted by Crippen LogP contribution is -2.31. The third-order valence-electron chi connectivity index (χ3n) is 5.23. The molecule has 4 aromatic rings. The van der Waals surface area contributed by atoms with Crippen LogP contribution in [0.3, 0.4) is 0 Å². The number of aryl methyl sites for hydroxylation is 4. The van der Waals surface area contributed by atoms with Gasteiger partial charge in [-0.2, -0.15) is 10.2 Å². The molecule has 152 valence electrons. The van der Waals surface area contributed by atoms with Gasteiger partial charge in [0.2, 0.25) is 5.91 Å². The molecule has 0 aliphatic rings. The maximum absolute atomic E-state index is 13.2. The van der Waals surface area contributed by atoms with Crippen molar-refractivity contribution in [2.24, 2.45) is 0 Å². The van der Waals surface area contributed by atoms with Crippen molar-refractivity contribution in [3.8, 4) is 5.69 Å². The van der Waals surface area contributed by atoms with E-state index < -0.39 is 0 Å². The molecule has 30 heavy (non-hydrogen) atoms. The van der Waals surface area contributed by atoms with Crippen molar-refractivity contribution < 1.29 is 4.79 Å². The predicted molar refractivity (Wildman–Crippen MR) is 117 cm³/mol. The van der Waals surface area contributed by atoms with Gasteiger partial charge in [0.1, 0.15) is 12.1 Å². The topological polar surface area (TPSA) is 81.8 Å². The molecule has 0 aliphatic heterocycles. The Hall–Kier alpha value is -3.74. The molecular formula is C23H23N5O2. The average molecular weight is 401 g/mol. The van der Waals surface area contributed by atoms with E-state index in [2.05, 4.69) is 15.5 Å². The highest BCUT2D eigenvalue weighted by atomic mass is 16.2. The first-order valence-corrected chi connectivity index (χ1v) is 9.73. The average Bonchev–Trinajstić information content (AvgIpc) is 3.16. The molecule has 0 radical (unpaired) electrons. The third kappa shape index (κ3) is 3.61. The van der Waals surface area contributed by atoms with Crippen molar-refractivity contribution in [2.45, 2.75) is 34.2 Å². The van der Waals surface area contributed by atoms with Gasteiger partial charge >= 0.3 is 0 Å². The Morgan fingerprint density at radius 1 is 1.00 bits per heavy atom.